The van der Waals surface area contributed by atoms with Crippen LogP contribution in [0.5, 0.6) is 0 Å². The molecule has 0 radical (unpaired) electrons. The van der Waals surface area contributed by atoms with E-state index in [1.54, 1.807) is 4.31 Å². The second-order valence-electron chi connectivity index (χ2n) is 8.94. The monoisotopic (exact) mass is 399 g/mol. The molecule has 3 nitrogen and oxygen atoms in total. The number of rotatable bonds is 6. The summed E-state index contributed by atoms with van der Waals surface area (Å²) >= 11 is 0. The zero-order valence-electron chi connectivity index (χ0n) is 18.2. The number of sulfonamides is 1. The molecule has 2 aromatic carbocycles. The fourth-order valence-electron chi connectivity index (χ4n) is 3.91. The van der Waals surface area contributed by atoms with Gasteiger partial charge in [0.2, 0.25) is 10.0 Å². The van der Waals surface area contributed by atoms with Crippen LogP contribution < -0.4 is 0 Å². The maximum atomic E-state index is 13.7. The summed E-state index contributed by atoms with van der Waals surface area (Å²) in [6.07, 6.45) is 0. The molecular formula is C24H33NO2S. The van der Waals surface area contributed by atoms with Gasteiger partial charge in [-0.1, -0.05) is 77.9 Å². The predicted octanol–water partition coefficient (Wildman–Crippen LogP) is 6.11. The van der Waals surface area contributed by atoms with Crippen LogP contribution >= 0.6 is 0 Å². The van der Waals surface area contributed by atoms with E-state index < -0.39 is 10.0 Å². The van der Waals surface area contributed by atoms with E-state index in [-0.39, 0.29) is 17.9 Å². The minimum absolute atomic E-state index is 0.0454. The van der Waals surface area contributed by atoms with Gasteiger partial charge in [-0.25, -0.2) is 8.42 Å². The molecule has 0 aliphatic carbocycles. The number of hydrogen-bond acceptors (Lipinski definition) is 2. The lowest BCUT2D eigenvalue weighted by Crippen LogP contribution is -2.19. The summed E-state index contributed by atoms with van der Waals surface area (Å²) in [5.74, 6) is 0.670. The lowest BCUT2D eigenvalue weighted by atomic mass is 9.89. The third-order valence-electron chi connectivity index (χ3n) is 5.76. The van der Waals surface area contributed by atoms with E-state index >= 15 is 0 Å². The Morgan fingerprint density at radius 2 is 1.43 bits per heavy atom. The Balaban J connectivity index is 2.13. The molecule has 1 fully saturated rings. The van der Waals surface area contributed by atoms with E-state index in [1.807, 2.05) is 18.2 Å². The summed E-state index contributed by atoms with van der Waals surface area (Å²) < 4.78 is 29.2. The Kier molecular flexibility index (Phi) is 5.75. The second-order valence-corrected chi connectivity index (χ2v) is 10.8. The van der Waals surface area contributed by atoms with Gasteiger partial charge in [0.1, 0.15) is 0 Å². The highest BCUT2D eigenvalue weighted by molar-refractivity contribution is 7.89. The van der Waals surface area contributed by atoms with Crippen LogP contribution in [0.4, 0.5) is 0 Å². The summed E-state index contributed by atoms with van der Waals surface area (Å²) in [5.41, 5.74) is 5.37. The molecule has 2 atom stereocenters. The van der Waals surface area contributed by atoms with Crippen molar-refractivity contribution < 1.29 is 8.42 Å². The van der Waals surface area contributed by atoms with Gasteiger partial charge in [-0.2, -0.15) is 4.31 Å². The Morgan fingerprint density at radius 1 is 0.893 bits per heavy atom. The van der Waals surface area contributed by atoms with E-state index in [2.05, 4.69) is 66.7 Å². The van der Waals surface area contributed by atoms with Crippen LogP contribution in [0.1, 0.15) is 93.2 Å². The van der Waals surface area contributed by atoms with Crippen molar-refractivity contribution in [3.63, 3.8) is 0 Å². The van der Waals surface area contributed by atoms with Gasteiger partial charge in [0.25, 0.3) is 0 Å². The normalized spacial score (nSPS) is 19.6. The van der Waals surface area contributed by atoms with E-state index in [0.29, 0.717) is 17.4 Å². The minimum atomic E-state index is -3.54. The molecule has 1 saturated heterocycles. The van der Waals surface area contributed by atoms with Crippen LogP contribution in [0.3, 0.4) is 0 Å². The number of hydrogen-bond donors (Lipinski definition) is 0. The standard InChI is InChI=1S/C24H33NO2S/c1-15(2)19-12-21(16(3)4)24(22(13-19)17(5)6)28(26,27)25-14-23(25)20-11-9-8-10-18(20)7/h8-13,15-17,23H,14H2,1-7H3/t23-,25?/m0/s1. The fourth-order valence-corrected chi connectivity index (χ4v) is 6.11. The molecule has 1 unspecified atom stereocenters. The first-order valence-electron chi connectivity index (χ1n) is 10.3. The highest BCUT2D eigenvalue weighted by atomic mass is 32.2. The van der Waals surface area contributed by atoms with E-state index in [0.717, 1.165) is 22.3 Å². The van der Waals surface area contributed by atoms with Crippen LogP contribution in [-0.4, -0.2) is 19.3 Å². The maximum Gasteiger partial charge on any atom is 0.244 e. The summed E-state index contributed by atoms with van der Waals surface area (Å²) in [7, 11) is -3.54. The van der Waals surface area contributed by atoms with Crippen molar-refractivity contribution in [2.75, 3.05) is 6.54 Å². The van der Waals surface area contributed by atoms with Crippen molar-refractivity contribution in [3.05, 3.63) is 64.2 Å². The molecule has 1 aliphatic heterocycles. The zero-order valence-corrected chi connectivity index (χ0v) is 19.0. The molecule has 4 heteroatoms. The molecule has 28 heavy (non-hydrogen) atoms. The van der Waals surface area contributed by atoms with Crippen LogP contribution in [-0.2, 0) is 10.0 Å². The average molecular weight is 400 g/mol. The molecule has 2 aromatic rings. The Morgan fingerprint density at radius 3 is 1.89 bits per heavy atom. The van der Waals surface area contributed by atoms with Gasteiger partial charge in [0.15, 0.2) is 0 Å². The van der Waals surface area contributed by atoms with Crippen LogP contribution in [0, 0.1) is 6.92 Å². The summed E-state index contributed by atoms with van der Waals surface area (Å²) in [5, 5.41) is 0. The first-order chi connectivity index (χ1) is 13.1. The second kappa shape index (κ2) is 7.64. The Bertz CT molecular complexity index is 945. The highest BCUT2D eigenvalue weighted by Gasteiger charge is 2.47. The highest BCUT2D eigenvalue weighted by Crippen LogP contribution is 2.45. The molecule has 0 saturated carbocycles. The van der Waals surface area contributed by atoms with Crippen molar-refractivity contribution in [1.29, 1.82) is 0 Å². The quantitative estimate of drug-likeness (QED) is 0.549. The van der Waals surface area contributed by atoms with Gasteiger partial charge in [-0.05, 0) is 52.5 Å². The number of nitrogens with zero attached hydrogens (tertiary/aromatic N) is 1. The molecule has 1 heterocycles. The first kappa shape index (κ1) is 21.1. The first-order valence-corrected chi connectivity index (χ1v) is 11.7. The molecule has 0 spiro atoms. The molecule has 3 rings (SSSR count). The Hall–Kier alpha value is -1.65. The summed E-state index contributed by atoms with van der Waals surface area (Å²) in [6, 6.07) is 12.3. The average Bonchev–Trinajstić information content (AvgIpc) is 3.42. The minimum Gasteiger partial charge on any atom is -0.207 e. The fraction of sp³-hybridized carbons (Fsp3) is 0.500. The molecule has 0 N–H and O–H groups in total. The smallest absolute Gasteiger partial charge is 0.207 e. The molecule has 0 aromatic heterocycles. The van der Waals surface area contributed by atoms with Crippen LogP contribution in [0.2, 0.25) is 0 Å². The van der Waals surface area contributed by atoms with Crippen LogP contribution in [0.15, 0.2) is 41.3 Å². The van der Waals surface area contributed by atoms with Gasteiger partial charge in [-0.15, -0.1) is 0 Å². The van der Waals surface area contributed by atoms with Gasteiger partial charge in [-0.3, -0.25) is 0 Å². The van der Waals surface area contributed by atoms with Crippen molar-refractivity contribution >= 4 is 10.0 Å². The van der Waals surface area contributed by atoms with Gasteiger partial charge >= 0.3 is 0 Å². The maximum absolute atomic E-state index is 13.7. The molecule has 0 bridgehead atoms. The molecule has 1 aliphatic rings. The Labute approximate surface area is 170 Å². The topological polar surface area (TPSA) is 37.1 Å². The zero-order chi connectivity index (χ0) is 20.8. The SMILES string of the molecule is Cc1ccccc1[C@@H]1CN1S(=O)(=O)c1c(C(C)C)cc(C(C)C)cc1C(C)C. The molecule has 152 valence electrons. The van der Waals surface area contributed by atoms with Gasteiger partial charge in [0.05, 0.1) is 10.9 Å². The van der Waals surface area contributed by atoms with Gasteiger partial charge < -0.3 is 0 Å². The van der Waals surface area contributed by atoms with Crippen molar-refractivity contribution in [3.8, 4) is 0 Å². The van der Waals surface area contributed by atoms with Gasteiger partial charge in [0, 0.05) is 6.54 Å². The van der Waals surface area contributed by atoms with Crippen molar-refractivity contribution in [1.82, 2.24) is 4.31 Å². The lowest BCUT2D eigenvalue weighted by Gasteiger charge is -2.23. The lowest BCUT2D eigenvalue weighted by molar-refractivity contribution is 0.549. The van der Waals surface area contributed by atoms with Crippen molar-refractivity contribution in [2.24, 2.45) is 0 Å². The van der Waals surface area contributed by atoms with E-state index in [9.17, 15) is 8.42 Å². The van der Waals surface area contributed by atoms with Crippen LogP contribution in [0.25, 0.3) is 0 Å². The van der Waals surface area contributed by atoms with E-state index in [1.165, 1.54) is 5.56 Å². The summed E-state index contributed by atoms with van der Waals surface area (Å²) in [4.78, 5) is 0.540. The third kappa shape index (κ3) is 3.77. The number of aryl methyl sites for hydroxylation is 1. The third-order valence-corrected chi connectivity index (χ3v) is 7.77. The molecular weight excluding hydrogens is 366 g/mol. The number of benzene rings is 2. The molecule has 0 amide bonds. The summed E-state index contributed by atoms with van der Waals surface area (Å²) in [6.45, 7) is 15.3. The van der Waals surface area contributed by atoms with Crippen molar-refractivity contribution in [2.45, 2.75) is 77.2 Å². The van der Waals surface area contributed by atoms with E-state index in [4.69, 9.17) is 0 Å². The predicted molar refractivity (Wildman–Crippen MR) is 117 cm³/mol. The largest absolute Gasteiger partial charge is 0.244 e.